The van der Waals surface area contributed by atoms with Gasteiger partial charge in [-0.25, -0.2) is 4.98 Å². The van der Waals surface area contributed by atoms with Gasteiger partial charge in [0.2, 0.25) is 0 Å². The molecule has 1 amide bonds. The summed E-state index contributed by atoms with van der Waals surface area (Å²) >= 11 is 3.08. The van der Waals surface area contributed by atoms with Crippen LogP contribution in [0.5, 0.6) is 0 Å². The van der Waals surface area contributed by atoms with Crippen molar-refractivity contribution in [2.75, 3.05) is 32.1 Å². The number of hydrogen-bond acceptors (Lipinski definition) is 5. The number of anilines is 1. The lowest BCUT2D eigenvalue weighted by Crippen LogP contribution is -2.32. The van der Waals surface area contributed by atoms with Crippen molar-refractivity contribution in [2.45, 2.75) is 20.3 Å². The van der Waals surface area contributed by atoms with E-state index in [1.807, 2.05) is 22.4 Å². The third-order valence-corrected chi connectivity index (χ3v) is 6.09. The highest BCUT2D eigenvalue weighted by molar-refractivity contribution is 7.22. The van der Waals surface area contributed by atoms with Crippen LogP contribution in [-0.4, -0.2) is 43.0 Å². The Morgan fingerprint density at radius 1 is 1.16 bits per heavy atom. The molecule has 1 aromatic carbocycles. The maximum atomic E-state index is 13.0. The first-order chi connectivity index (χ1) is 12.0. The minimum atomic E-state index is 0.0428. The van der Waals surface area contributed by atoms with Crippen molar-refractivity contribution in [2.24, 2.45) is 0 Å². The molecular formula is C19H23N3OS2. The zero-order chi connectivity index (χ0) is 18.0. The number of carbonyl (C=O) groups is 1. The zero-order valence-corrected chi connectivity index (χ0v) is 16.7. The van der Waals surface area contributed by atoms with Crippen LogP contribution in [0.3, 0.4) is 0 Å². The second-order valence-corrected chi connectivity index (χ2v) is 8.45. The highest BCUT2D eigenvalue weighted by Gasteiger charge is 2.22. The van der Waals surface area contributed by atoms with Crippen molar-refractivity contribution < 1.29 is 4.79 Å². The molecule has 0 aliphatic rings. The first-order valence-corrected chi connectivity index (χ1v) is 10.0. The van der Waals surface area contributed by atoms with Gasteiger partial charge in [-0.1, -0.05) is 17.4 Å². The molecule has 2 aromatic heterocycles. The average molecular weight is 374 g/mol. The third kappa shape index (κ3) is 4.08. The molecule has 132 valence electrons. The third-order valence-electron chi connectivity index (χ3n) is 4.19. The van der Waals surface area contributed by atoms with E-state index in [0.717, 1.165) is 33.2 Å². The molecule has 0 aliphatic carbocycles. The largest absolute Gasteiger partial charge is 0.309 e. The maximum Gasteiger partial charge on any atom is 0.270 e. The molecule has 0 spiro atoms. The number of thiophene rings is 1. The minimum absolute atomic E-state index is 0.0428. The van der Waals surface area contributed by atoms with Gasteiger partial charge in [0, 0.05) is 6.54 Å². The predicted octanol–water partition coefficient (Wildman–Crippen LogP) is 4.57. The second-order valence-electron chi connectivity index (χ2n) is 6.49. The van der Waals surface area contributed by atoms with Gasteiger partial charge in [-0.15, -0.1) is 11.3 Å². The summed E-state index contributed by atoms with van der Waals surface area (Å²) in [6, 6.07) is 8.08. The maximum absolute atomic E-state index is 13.0. The molecule has 0 aliphatic heterocycles. The molecule has 0 bridgehead atoms. The van der Waals surface area contributed by atoms with E-state index < -0.39 is 0 Å². The molecule has 25 heavy (non-hydrogen) atoms. The summed E-state index contributed by atoms with van der Waals surface area (Å²) in [5, 5.41) is 2.73. The van der Waals surface area contributed by atoms with Gasteiger partial charge in [0.05, 0.1) is 15.1 Å². The van der Waals surface area contributed by atoms with Crippen LogP contribution in [-0.2, 0) is 0 Å². The van der Waals surface area contributed by atoms with Gasteiger partial charge in [0.1, 0.15) is 0 Å². The Bertz CT molecular complexity index is 829. The fourth-order valence-corrected chi connectivity index (χ4v) is 4.39. The molecule has 0 unspecified atom stereocenters. The first-order valence-electron chi connectivity index (χ1n) is 8.33. The lowest BCUT2D eigenvalue weighted by Gasteiger charge is -2.20. The molecular weight excluding hydrogens is 350 g/mol. The fourth-order valence-electron chi connectivity index (χ4n) is 2.65. The molecule has 0 fully saturated rings. The summed E-state index contributed by atoms with van der Waals surface area (Å²) in [6.07, 6.45) is 0.915. The number of rotatable bonds is 6. The lowest BCUT2D eigenvalue weighted by molar-refractivity contribution is 0.0990. The van der Waals surface area contributed by atoms with Crippen molar-refractivity contribution in [1.29, 1.82) is 0 Å². The van der Waals surface area contributed by atoms with Crippen molar-refractivity contribution in [3.8, 4) is 0 Å². The van der Waals surface area contributed by atoms with Crippen LogP contribution in [0.2, 0.25) is 0 Å². The number of nitrogens with zero attached hydrogens (tertiary/aromatic N) is 3. The number of aromatic nitrogens is 1. The van der Waals surface area contributed by atoms with E-state index in [9.17, 15) is 4.79 Å². The SMILES string of the molecule is Cc1cc2nc(N(CCCN(C)C)C(=O)c3cccs3)sc2cc1C. The Morgan fingerprint density at radius 3 is 2.60 bits per heavy atom. The van der Waals surface area contributed by atoms with Gasteiger partial charge < -0.3 is 4.90 Å². The van der Waals surface area contributed by atoms with Gasteiger partial charge in [-0.05, 0) is 75.6 Å². The standard InChI is InChI=1S/C19H23N3OS2/c1-13-11-15-17(12-14(13)2)25-19(20-15)22(9-6-8-21(3)4)18(23)16-7-5-10-24-16/h5,7,10-12H,6,8-9H2,1-4H3. The van der Waals surface area contributed by atoms with E-state index in [4.69, 9.17) is 4.98 Å². The number of fused-ring (bicyclic) bond motifs is 1. The van der Waals surface area contributed by atoms with Gasteiger partial charge in [0.15, 0.2) is 5.13 Å². The molecule has 0 N–H and O–H groups in total. The molecule has 0 saturated carbocycles. The number of amides is 1. The van der Waals surface area contributed by atoms with Crippen molar-refractivity contribution in [1.82, 2.24) is 9.88 Å². The van der Waals surface area contributed by atoms with E-state index in [-0.39, 0.29) is 5.91 Å². The van der Waals surface area contributed by atoms with Crippen molar-refractivity contribution in [3.63, 3.8) is 0 Å². The molecule has 4 nitrogen and oxygen atoms in total. The smallest absolute Gasteiger partial charge is 0.270 e. The summed E-state index contributed by atoms with van der Waals surface area (Å²) < 4.78 is 1.13. The highest BCUT2D eigenvalue weighted by Crippen LogP contribution is 2.32. The Labute approximate surface area is 156 Å². The topological polar surface area (TPSA) is 36.4 Å². The van der Waals surface area contributed by atoms with E-state index in [1.54, 1.807) is 11.3 Å². The van der Waals surface area contributed by atoms with Gasteiger partial charge in [-0.3, -0.25) is 9.69 Å². The molecule has 3 rings (SSSR count). The number of hydrogen-bond donors (Lipinski definition) is 0. The fraction of sp³-hybridized carbons (Fsp3) is 0.368. The summed E-state index contributed by atoms with van der Waals surface area (Å²) in [7, 11) is 4.10. The van der Waals surface area contributed by atoms with Gasteiger partial charge in [-0.2, -0.15) is 0 Å². The van der Waals surface area contributed by atoms with Crippen LogP contribution >= 0.6 is 22.7 Å². The number of benzene rings is 1. The summed E-state index contributed by atoms with van der Waals surface area (Å²) in [4.78, 5) is 22.5. The predicted molar refractivity (Wildman–Crippen MR) is 108 cm³/mol. The zero-order valence-electron chi connectivity index (χ0n) is 15.1. The highest BCUT2D eigenvalue weighted by atomic mass is 32.1. The quantitative estimate of drug-likeness (QED) is 0.635. The van der Waals surface area contributed by atoms with Crippen molar-refractivity contribution >= 4 is 43.9 Å². The Balaban J connectivity index is 1.94. The van der Waals surface area contributed by atoms with Crippen LogP contribution in [0.15, 0.2) is 29.6 Å². The Kier molecular flexibility index (Phi) is 5.51. The second kappa shape index (κ2) is 7.64. The van der Waals surface area contributed by atoms with Crippen molar-refractivity contribution in [3.05, 3.63) is 45.6 Å². The molecule has 0 saturated heterocycles. The van der Waals surface area contributed by atoms with Gasteiger partial charge >= 0.3 is 0 Å². The molecule has 2 heterocycles. The van der Waals surface area contributed by atoms with Crippen LogP contribution in [0, 0.1) is 13.8 Å². The van der Waals surface area contributed by atoms with E-state index in [2.05, 4.69) is 45.0 Å². The minimum Gasteiger partial charge on any atom is -0.309 e. The number of carbonyl (C=O) groups excluding carboxylic acids is 1. The van der Waals surface area contributed by atoms with Crippen LogP contribution in [0.4, 0.5) is 5.13 Å². The summed E-state index contributed by atoms with van der Waals surface area (Å²) in [6.45, 7) is 5.82. The monoisotopic (exact) mass is 373 g/mol. The summed E-state index contributed by atoms with van der Waals surface area (Å²) in [5.41, 5.74) is 3.46. The molecule has 0 radical (unpaired) electrons. The van der Waals surface area contributed by atoms with E-state index in [1.165, 1.54) is 22.5 Å². The lowest BCUT2D eigenvalue weighted by atomic mass is 10.1. The Hall–Kier alpha value is -1.76. The number of aryl methyl sites for hydroxylation is 2. The van der Waals surface area contributed by atoms with Crippen LogP contribution in [0.25, 0.3) is 10.2 Å². The molecule has 3 aromatic rings. The van der Waals surface area contributed by atoms with Gasteiger partial charge in [0.25, 0.3) is 5.91 Å². The first kappa shape index (κ1) is 18.0. The van der Waals surface area contributed by atoms with Crippen LogP contribution < -0.4 is 4.90 Å². The normalized spacial score (nSPS) is 11.4. The van der Waals surface area contributed by atoms with Crippen LogP contribution in [0.1, 0.15) is 27.2 Å². The number of thiazole rings is 1. The molecule has 0 atom stereocenters. The average Bonchev–Trinajstić information content (AvgIpc) is 3.21. The van der Waals surface area contributed by atoms with E-state index >= 15 is 0 Å². The Morgan fingerprint density at radius 2 is 1.92 bits per heavy atom. The molecule has 6 heteroatoms. The summed E-state index contributed by atoms with van der Waals surface area (Å²) in [5.74, 6) is 0.0428. The van der Waals surface area contributed by atoms with E-state index in [0.29, 0.717) is 6.54 Å².